The zero-order chi connectivity index (χ0) is 29.9. The Labute approximate surface area is 245 Å². The standard InChI is InChI=1S/C34H32FNO5S/c1-4-25-10-8-11-29(34(25)35)30-19-24(22-41-32-12-7-6-9-26(32)21-33(37)40-5-2)20-31-28(30)17-18-36(31)42(38,39)27-15-13-23(3)14-16-27/h6-20H,4-5,21-22H2,1-3H3. The Hall–Kier alpha value is -4.43. The second kappa shape index (κ2) is 12.2. The number of esters is 1. The van der Waals surface area contributed by atoms with Crippen molar-refractivity contribution in [1.29, 1.82) is 0 Å². The lowest BCUT2D eigenvalue weighted by molar-refractivity contribution is -0.142. The lowest BCUT2D eigenvalue weighted by Gasteiger charge is -2.15. The van der Waals surface area contributed by atoms with Gasteiger partial charge < -0.3 is 9.47 Å². The van der Waals surface area contributed by atoms with Crippen LogP contribution in [0.1, 0.15) is 36.1 Å². The van der Waals surface area contributed by atoms with Gasteiger partial charge in [0.2, 0.25) is 0 Å². The lowest BCUT2D eigenvalue weighted by atomic mass is 9.96. The summed E-state index contributed by atoms with van der Waals surface area (Å²) in [5.74, 6) is -0.190. The predicted octanol–water partition coefficient (Wildman–Crippen LogP) is 7.24. The van der Waals surface area contributed by atoms with Gasteiger partial charge in [0, 0.05) is 22.7 Å². The molecule has 0 N–H and O–H groups in total. The number of hydrogen-bond acceptors (Lipinski definition) is 5. The summed E-state index contributed by atoms with van der Waals surface area (Å²) in [4.78, 5) is 12.3. The highest BCUT2D eigenvalue weighted by molar-refractivity contribution is 7.90. The molecule has 0 aliphatic carbocycles. The molecule has 0 amide bonds. The highest BCUT2D eigenvalue weighted by Crippen LogP contribution is 2.35. The third-order valence-electron chi connectivity index (χ3n) is 7.17. The summed E-state index contributed by atoms with van der Waals surface area (Å²) in [5.41, 5.74) is 4.19. The van der Waals surface area contributed by atoms with Gasteiger partial charge in [-0.3, -0.25) is 4.79 Å². The van der Waals surface area contributed by atoms with Crippen LogP contribution < -0.4 is 4.74 Å². The van der Waals surface area contributed by atoms with Crippen LogP contribution in [0.4, 0.5) is 4.39 Å². The number of rotatable bonds is 10. The highest BCUT2D eigenvalue weighted by atomic mass is 32.2. The molecule has 1 heterocycles. The first-order valence-corrected chi connectivity index (χ1v) is 15.3. The summed E-state index contributed by atoms with van der Waals surface area (Å²) in [6, 6.07) is 24.4. The smallest absolute Gasteiger partial charge is 0.310 e. The molecule has 8 heteroatoms. The summed E-state index contributed by atoms with van der Waals surface area (Å²) in [6.45, 7) is 5.88. The minimum absolute atomic E-state index is 0.0565. The first-order chi connectivity index (χ1) is 20.2. The van der Waals surface area contributed by atoms with Crippen molar-refractivity contribution in [1.82, 2.24) is 3.97 Å². The number of fused-ring (bicyclic) bond motifs is 1. The molecule has 4 aromatic carbocycles. The second-order valence-electron chi connectivity index (χ2n) is 10.0. The fraction of sp³-hybridized carbons (Fsp3) is 0.206. The Morgan fingerprint density at radius 1 is 0.881 bits per heavy atom. The number of aryl methyl sites for hydroxylation is 2. The molecule has 5 rings (SSSR count). The van der Waals surface area contributed by atoms with Gasteiger partial charge in [0.1, 0.15) is 18.2 Å². The fourth-order valence-corrected chi connectivity index (χ4v) is 6.33. The van der Waals surface area contributed by atoms with E-state index >= 15 is 4.39 Å². The number of carbonyl (C=O) groups excluding carboxylic acids is 1. The van der Waals surface area contributed by atoms with Crippen LogP contribution in [0.5, 0.6) is 5.75 Å². The van der Waals surface area contributed by atoms with Gasteiger partial charge >= 0.3 is 5.97 Å². The summed E-state index contributed by atoms with van der Waals surface area (Å²) in [6.07, 6.45) is 2.08. The van der Waals surface area contributed by atoms with Gasteiger partial charge in [-0.25, -0.2) is 16.8 Å². The molecular formula is C34H32FNO5S. The normalized spacial score (nSPS) is 11.5. The molecule has 1 aromatic heterocycles. The van der Waals surface area contributed by atoms with Gasteiger partial charge in [-0.1, -0.05) is 61.0 Å². The van der Waals surface area contributed by atoms with E-state index in [1.807, 2.05) is 32.0 Å². The van der Waals surface area contributed by atoms with Crippen LogP contribution >= 0.6 is 0 Å². The topological polar surface area (TPSA) is 74.6 Å². The molecule has 0 fully saturated rings. The molecular weight excluding hydrogens is 553 g/mol. The van der Waals surface area contributed by atoms with E-state index in [0.29, 0.717) is 50.9 Å². The van der Waals surface area contributed by atoms with Crippen molar-refractivity contribution in [3.63, 3.8) is 0 Å². The Bertz CT molecular complexity index is 1860. The number of para-hydroxylation sites is 1. The molecule has 0 unspecified atom stereocenters. The van der Waals surface area contributed by atoms with Gasteiger partial charge in [0.25, 0.3) is 10.0 Å². The maximum atomic E-state index is 15.6. The van der Waals surface area contributed by atoms with Gasteiger partial charge in [0.15, 0.2) is 0 Å². The molecule has 0 spiro atoms. The maximum Gasteiger partial charge on any atom is 0.310 e. The zero-order valence-electron chi connectivity index (χ0n) is 23.8. The Morgan fingerprint density at radius 2 is 1.62 bits per heavy atom. The minimum Gasteiger partial charge on any atom is -0.489 e. The van der Waals surface area contributed by atoms with Gasteiger partial charge in [-0.2, -0.15) is 0 Å². The molecule has 6 nitrogen and oxygen atoms in total. The second-order valence-corrected chi connectivity index (χ2v) is 11.8. The van der Waals surface area contributed by atoms with Crippen LogP contribution in [0.25, 0.3) is 22.0 Å². The number of nitrogens with zero attached hydrogens (tertiary/aromatic N) is 1. The third kappa shape index (κ3) is 5.81. The third-order valence-corrected chi connectivity index (χ3v) is 8.87. The van der Waals surface area contributed by atoms with E-state index in [1.54, 1.807) is 73.7 Å². The Kier molecular flexibility index (Phi) is 8.45. The summed E-state index contributed by atoms with van der Waals surface area (Å²) < 4.78 is 55.6. The first-order valence-electron chi connectivity index (χ1n) is 13.8. The van der Waals surface area contributed by atoms with Crippen molar-refractivity contribution >= 4 is 26.9 Å². The van der Waals surface area contributed by atoms with E-state index in [9.17, 15) is 13.2 Å². The quantitative estimate of drug-likeness (QED) is 0.162. The molecule has 5 aromatic rings. The van der Waals surface area contributed by atoms with Crippen LogP contribution in [0.3, 0.4) is 0 Å². The van der Waals surface area contributed by atoms with E-state index in [0.717, 1.165) is 5.56 Å². The lowest BCUT2D eigenvalue weighted by Crippen LogP contribution is -2.12. The zero-order valence-corrected chi connectivity index (χ0v) is 24.6. The van der Waals surface area contributed by atoms with E-state index in [1.165, 1.54) is 10.2 Å². The fourth-order valence-electron chi connectivity index (χ4n) is 5.00. The molecule has 216 valence electrons. The molecule has 0 atom stereocenters. The maximum absolute atomic E-state index is 15.6. The van der Waals surface area contributed by atoms with Gasteiger partial charge in [-0.05, 0) is 73.4 Å². The number of halogens is 1. The minimum atomic E-state index is -3.94. The summed E-state index contributed by atoms with van der Waals surface area (Å²) >= 11 is 0. The van der Waals surface area contributed by atoms with Gasteiger partial charge in [0.05, 0.1) is 23.4 Å². The van der Waals surface area contributed by atoms with Crippen molar-refractivity contribution < 1.29 is 27.1 Å². The Balaban J connectivity index is 1.62. The number of aromatic nitrogens is 1. The largest absolute Gasteiger partial charge is 0.489 e. The average Bonchev–Trinajstić information content (AvgIpc) is 3.42. The van der Waals surface area contributed by atoms with Crippen LogP contribution in [-0.4, -0.2) is 25.0 Å². The van der Waals surface area contributed by atoms with E-state index in [4.69, 9.17) is 9.47 Å². The molecule has 0 saturated heterocycles. The molecule has 0 aliphatic rings. The van der Waals surface area contributed by atoms with Crippen LogP contribution in [0.15, 0.2) is 96.0 Å². The highest BCUT2D eigenvalue weighted by Gasteiger charge is 2.22. The summed E-state index contributed by atoms with van der Waals surface area (Å²) in [7, 11) is -3.94. The first kappa shape index (κ1) is 29.1. The van der Waals surface area contributed by atoms with Crippen molar-refractivity contribution in [2.24, 2.45) is 0 Å². The molecule has 0 aliphatic heterocycles. The number of ether oxygens (including phenoxy) is 2. The van der Waals surface area contributed by atoms with Crippen LogP contribution in [0.2, 0.25) is 0 Å². The van der Waals surface area contributed by atoms with E-state index < -0.39 is 10.0 Å². The molecule has 0 radical (unpaired) electrons. The van der Waals surface area contributed by atoms with Crippen molar-refractivity contribution in [2.75, 3.05) is 6.61 Å². The Morgan fingerprint density at radius 3 is 2.36 bits per heavy atom. The monoisotopic (exact) mass is 585 g/mol. The number of benzene rings is 4. The van der Waals surface area contributed by atoms with Crippen molar-refractivity contribution in [2.45, 2.75) is 45.1 Å². The number of carbonyl (C=O) groups is 1. The van der Waals surface area contributed by atoms with E-state index in [-0.39, 0.29) is 36.3 Å². The molecule has 0 saturated carbocycles. The predicted molar refractivity (Wildman–Crippen MR) is 162 cm³/mol. The molecule has 0 bridgehead atoms. The van der Waals surface area contributed by atoms with Crippen LogP contribution in [0, 0.1) is 12.7 Å². The number of hydrogen-bond donors (Lipinski definition) is 0. The summed E-state index contributed by atoms with van der Waals surface area (Å²) in [5, 5.41) is 0.601. The van der Waals surface area contributed by atoms with Gasteiger partial charge in [-0.15, -0.1) is 0 Å². The molecule has 42 heavy (non-hydrogen) atoms. The van der Waals surface area contributed by atoms with Crippen LogP contribution in [-0.2, 0) is 39.0 Å². The average molecular weight is 586 g/mol. The van der Waals surface area contributed by atoms with Crippen molar-refractivity contribution in [3.05, 3.63) is 119 Å². The SMILES string of the molecule is CCOC(=O)Cc1ccccc1OCc1cc(-c2cccc(CC)c2F)c2ccn(S(=O)(=O)c3ccc(C)cc3)c2c1. The van der Waals surface area contributed by atoms with E-state index in [2.05, 4.69) is 0 Å². The van der Waals surface area contributed by atoms with Crippen molar-refractivity contribution in [3.8, 4) is 16.9 Å².